The van der Waals surface area contributed by atoms with Gasteiger partial charge in [0.2, 0.25) is 0 Å². The lowest BCUT2D eigenvalue weighted by Crippen LogP contribution is -2.30. The molecule has 1 rings (SSSR count). The van der Waals surface area contributed by atoms with Gasteiger partial charge < -0.3 is 0 Å². The van der Waals surface area contributed by atoms with Gasteiger partial charge in [0.05, 0.1) is 0 Å². The number of ketones is 1. The molecule has 0 aromatic rings. The molecule has 1 saturated carbocycles. The van der Waals surface area contributed by atoms with Crippen LogP contribution in [0.4, 0.5) is 0 Å². The van der Waals surface area contributed by atoms with Gasteiger partial charge >= 0.3 is 0 Å². The number of allylic oxidation sites excluding steroid dienone is 3. The number of hydrogen-bond acceptors (Lipinski definition) is 1. The number of carbonyl (C=O) groups is 1. The molecule has 0 aromatic carbocycles. The number of Topliss-reactive ketones (excluding diaryl/α,β-unsaturated/α-hetero) is 1. The van der Waals surface area contributed by atoms with Gasteiger partial charge in [0.15, 0.2) is 0 Å². The minimum absolute atomic E-state index is 0.192. The highest BCUT2D eigenvalue weighted by molar-refractivity contribution is 5.82. The average molecular weight is 248 g/mol. The third-order valence-electron chi connectivity index (χ3n) is 4.27. The number of hydrogen-bond donors (Lipinski definition) is 0. The minimum atomic E-state index is 0.192. The molecule has 0 aromatic heterocycles. The summed E-state index contributed by atoms with van der Waals surface area (Å²) in [6, 6.07) is 0. The fraction of sp³-hybridized carbons (Fsp3) is 0.706. The Morgan fingerprint density at radius 2 is 2.11 bits per heavy atom. The Labute approximate surface area is 112 Å². The van der Waals surface area contributed by atoms with Crippen LogP contribution in [0.1, 0.15) is 59.8 Å². The zero-order chi connectivity index (χ0) is 13.7. The Morgan fingerprint density at radius 3 is 2.67 bits per heavy atom. The number of carbonyl (C=O) groups excluding carboxylic acids is 1. The monoisotopic (exact) mass is 248 g/mol. The largest absolute Gasteiger partial charge is 0.299 e. The van der Waals surface area contributed by atoms with Gasteiger partial charge in [0, 0.05) is 12.3 Å². The quantitative estimate of drug-likeness (QED) is 0.630. The maximum Gasteiger partial charge on any atom is 0.136 e. The van der Waals surface area contributed by atoms with Crippen molar-refractivity contribution < 1.29 is 4.79 Å². The van der Waals surface area contributed by atoms with Gasteiger partial charge in [0.25, 0.3) is 0 Å². The van der Waals surface area contributed by atoms with Crippen molar-refractivity contribution in [3.63, 3.8) is 0 Å². The Morgan fingerprint density at radius 1 is 1.44 bits per heavy atom. The van der Waals surface area contributed by atoms with Crippen LogP contribution in [-0.4, -0.2) is 5.78 Å². The first-order valence-corrected chi connectivity index (χ1v) is 7.31. The summed E-state index contributed by atoms with van der Waals surface area (Å²) in [7, 11) is 0. The van der Waals surface area contributed by atoms with Crippen molar-refractivity contribution in [2.24, 2.45) is 17.8 Å². The van der Waals surface area contributed by atoms with E-state index >= 15 is 0 Å². The van der Waals surface area contributed by atoms with Crippen LogP contribution in [0.25, 0.3) is 0 Å². The van der Waals surface area contributed by atoms with Gasteiger partial charge in [-0.1, -0.05) is 44.1 Å². The van der Waals surface area contributed by atoms with Gasteiger partial charge in [-0.2, -0.15) is 0 Å². The fourth-order valence-electron chi connectivity index (χ4n) is 2.78. The predicted octanol–water partition coefficient (Wildman–Crippen LogP) is 4.93. The van der Waals surface area contributed by atoms with Crippen LogP contribution < -0.4 is 0 Å². The van der Waals surface area contributed by atoms with E-state index < -0.39 is 0 Å². The number of rotatable bonds is 5. The first-order chi connectivity index (χ1) is 8.45. The standard InChI is InChI=1S/C17H28O/c1-6-7-8-13(4)9-16-10-15(12(2)3)11-17(18)14(16)5/h9,14-16H,2,6-8,10-11H2,1,3-5H3/b13-9+/t14?,15-,16?/m1/s1. The van der Waals surface area contributed by atoms with E-state index in [0.717, 1.165) is 6.42 Å². The Hall–Kier alpha value is -0.850. The normalized spacial score (nSPS) is 29.4. The van der Waals surface area contributed by atoms with E-state index in [9.17, 15) is 4.79 Å². The maximum atomic E-state index is 12.0. The molecule has 0 bridgehead atoms. The van der Waals surface area contributed by atoms with E-state index in [1.807, 2.05) is 0 Å². The van der Waals surface area contributed by atoms with Crippen LogP contribution in [0.15, 0.2) is 23.8 Å². The van der Waals surface area contributed by atoms with Crippen LogP contribution >= 0.6 is 0 Å². The van der Waals surface area contributed by atoms with Crippen LogP contribution in [0, 0.1) is 17.8 Å². The Kier molecular flexibility index (Phi) is 5.84. The zero-order valence-corrected chi connectivity index (χ0v) is 12.5. The van der Waals surface area contributed by atoms with Gasteiger partial charge in [-0.05, 0) is 44.9 Å². The van der Waals surface area contributed by atoms with E-state index in [4.69, 9.17) is 0 Å². The van der Waals surface area contributed by atoms with Crippen molar-refractivity contribution in [3.05, 3.63) is 23.8 Å². The summed E-state index contributed by atoms with van der Waals surface area (Å²) >= 11 is 0. The summed E-state index contributed by atoms with van der Waals surface area (Å²) in [5.74, 6) is 1.43. The van der Waals surface area contributed by atoms with Crippen molar-refractivity contribution in [1.29, 1.82) is 0 Å². The highest BCUT2D eigenvalue weighted by Crippen LogP contribution is 2.36. The van der Waals surface area contributed by atoms with E-state index in [1.54, 1.807) is 0 Å². The van der Waals surface area contributed by atoms with Crippen LogP contribution in [0.5, 0.6) is 0 Å². The van der Waals surface area contributed by atoms with Gasteiger partial charge in [-0.15, -0.1) is 0 Å². The van der Waals surface area contributed by atoms with Gasteiger partial charge in [-0.25, -0.2) is 0 Å². The van der Waals surface area contributed by atoms with Crippen LogP contribution in [-0.2, 0) is 4.79 Å². The molecular weight excluding hydrogens is 220 g/mol. The first-order valence-electron chi connectivity index (χ1n) is 7.31. The fourth-order valence-corrected chi connectivity index (χ4v) is 2.78. The van der Waals surface area contributed by atoms with E-state index in [0.29, 0.717) is 24.0 Å². The van der Waals surface area contributed by atoms with E-state index in [1.165, 1.54) is 30.4 Å². The van der Waals surface area contributed by atoms with E-state index in [2.05, 4.69) is 40.3 Å². The molecule has 0 aliphatic heterocycles. The third-order valence-corrected chi connectivity index (χ3v) is 4.27. The molecule has 3 atom stereocenters. The maximum absolute atomic E-state index is 12.0. The average Bonchev–Trinajstić information content (AvgIpc) is 2.31. The number of unbranched alkanes of at least 4 members (excludes halogenated alkanes) is 1. The van der Waals surface area contributed by atoms with Crippen molar-refractivity contribution in [3.8, 4) is 0 Å². The summed E-state index contributed by atoms with van der Waals surface area (Å²) in [6.07, 6.45) is 7.82. The molecule has 2 unspecified atom stereocenters. The molecule has 0 heterocycles. The lowest BCUT2D eigenvalue weighted by atomic mass is 9.71. The second-order valence-electron chi connectivity index (χ2n) is 6.02. The first kappa shape index (κ1) is 15.2. The predicted molar refractivity (Wildman–Crippen MR) is 78.5 cm³/mol. The van der Waals surface area contributed by atoms with Gasteiger partial charge in [-0.3, -0.25) is 4.79 Å². The summed E-state index contributed by atoms with van der Waals surface area (Å²) in [5, 5.41) is 0. The van der Waals surface area contributed by atoms with Crippen LogP contribution in [0.3, 0.4) is 0 Å². The topological polar surface area (TPSA) is 17.1 Å². The lowest BCUT2D eigenvalue weighted by molar-refractivity contribution is -0.126. The molecule has 0 N–H and O–H groups in total. The molecule has 102 valence electrons. The van der Waals surface area contributed by atoms with E-state index in [-0.39, 0.29) is 5.92 Å². The molecular formula is C17H28O. The molecule has 0 spiro atoms. The summed E-state index contributed by atoms with van der Waals surface area (Å²) in [4.78, 5) is 12.0. The molecule has 0 saturated heterocycles. The third kappa shape index (κ3) is 4.12. The van der Waals surface area contributed by atoms with Gasteiger partial charge in [0.1, 0.15) is 5.78 Å². The van der Waals surface area contributed by atoms with Crippen molar-refractivity contribution in [2.45, 2.75) is 59.8 Å². The molecule has 0 amide bonds. The Bertz CT molecular complexity index is 338. The SMILES string of the molecule is C=C(C)[C@H]1CC(=O)C(C)C(/C=C(\C)CCCC)C1. The molecule has 1 fully saturated rings. The second-order valence-corrected chi connectivity index (χ2v) is 6.02. The second kappa shape index (κ2) is 6.92. The highest BCUT2D eigenvalue weighted by atomic mass is 16.1. The van der Waals surface area contributed by atoms with Crippen molar-refractivity contribution in [2.75, 3.05) is 0 Å². The molecule has 18 heavy (non-hydrogen) atoms. The molecule has 1 heteroatoms. The van der Waals surface area contributed by atoms with Crippen molar-refractivity contribution >= 4 is 5.78 Å². The smallest absolute Gasteiger partial charge is 0.136 e. The summed E-state index contributed by atoms with van der Waals surface area (Å²) < 4.78 is 0. The molecule has 0 radical (unpaired) electrons. The Balaban J connectivity index is 2.72. The highest BCUT2D eigenvalue weighted by Gasteiger charge is 2.32. The molecule has 1 aliphatic carbocycles. The minimum Gasteiger partial charge on any atom is -0.299 e. The lowest BCUT2D eigenvalue weighted by Gasteiger charge is -2.32. The van der Waals surface area contributed by atoms with Crippen LogP contribution in [0.2, 0.25) is 0 Å². The molecule has 1 nitrogen and oxygen atoms in total. The summed E-state index contributed by atoms with van der Waals surface area (Å²) in [5.41, 5.74) is 2.61. The molecule has 1 aliphatic rings. The summed E-state index contributed by atoms with van der Waals surface area (Å²) in [6.45, 7) is 12.6. The zero-order valence-electron chi connectivity index (χ0n) is 12.5. The van der Waals surface area contributed by atoms with Crippen molar-refractivity contribution in [1.82, 2.24) is 0 Å².